The third-order valence-electron chi connectivity index (χ3n) is 4.72. The minimum Gasteiger partial charge on any atom is -0.435 e. The van der Waals surface area contributed by atoms with Crippen LogP contribution in [0, 0.1) is 0 Å². The first-order valence-electron chi connectivity index (χ1n) is 9.88. The van der Waals surface area contributed by atoms with E-state index in [0.717, 1.165) is 17.3 Å². The average Bonchev–Trinajstić information content (AvgIpc) is 2.77. The number of thioether (sulfide) groups is 1. The summed E-state index contributed by atoms with van der Waals surface area (Å²) in [7, 11) is 3.18. The molecular weight excluding hydrogens is 476 g/mol. The molecular formula is C22H22ClF2N3O4S. The number of halogens is 3. The molecule has 33 heavy (non-hydrogen) atoms. The van der Waals surface area contributed by atoms with Gasteiger partial charge in [0.2, 0.25) is 5.91 Å². The second-order valence-electron chi connectivity index (χ2n) is 7.07. The molecule has 0 aliphatic rings. The Morgan fingerprint density at radius 1 is 1.24 bits per heavy atom. The third kappa shape index (κ3) is 6.66. The molecule has 1 aromatic heterocycles. The van der Waals surface area contributed by atoms with Crippen molar-refractivity contribution in [3.63, 3.8) is 0 Å². The molecule has 1 heterocycles. The molecule has 0 fully saturated rings. The zero-order chi connectivity index (χ0) is 24.0. The smallest absolute Gasteiger partial charge is 0.387 e. The lowest BCUT2D eigenvalue weighted by Gasteiger charge is -2.18. The highest BCUT2D eigenvalue weighted by Gasteiger charge is 2.16. The fourth-order valence-corrected chi connectivity index (χ4v) is 4.17. The molecule has 0 aliphatic heterocycles. The number of fused-ring (bicyclic) bond motifs is 1. The standard InChI is InChI=1S/C22H22ClF2N3O4S/c1-27(12-14-3-6-16(7-4-14)32-21(24)25)19(29)13-33-22-26-18-11-15(23)5-8-17(18)20(30)28(22)9-10-31-2/h3-8,11,21H,9-10,12-13H2,1-2H3. The molecule has 0 unspecified atom stereocenters. The summed E-state index contributed by atoms with van der Waals surface area (Å²) >= 11 is 7.19. The number of carbonyl (C=O) groups is 1. The predicted octanol–water partition coefficient (Wildman–Crippen LogP) is 4.05. The van der Waals surface area contributed by atoms with Crippen LogP contribution >= 0.6 is 23.4 Å². The van der Waals surface area contributed by atoms with Gasteiger partial charge in [-0.05, 0) is 35.9 Å². The van der Waals surface area contributed by atoms with Crippen molar-refractivity contribution in [2.45, 2.75) is 24.9 Å². The van der Waals surface area contributed by atoms with Gasteiger partial charge in [0.1, 0.15) is 5.75 Å². The van der Waals surface area contributed by atoms with Crippen LogP contribution in [0.2, 0.25) is 5.02 Å². The average molecular weight is 498 g/mol. The maximum atomic E-state index is 12.9. The minimum absolute atomic E-state index is 0.0502. The zero-order valence-electron chi connectivity index (χ0n) is 18.0. The van der Waals surface area contributed by atoms with Crippen LogP contribution in [0.15, 0.2) is 52.4 Å². The maximum Gasteiger partial charge on any atom is 0.387 e. The van der Waals surface area contributed by atoms with E-state index in [0.29, 0.717) is 34.2 Å². The molecule has 7 nitrogen and oxygen atoms in total. The SMILES string of the molecule is COCCn1c(SCC(=O)N(C)Cc2ccc(OC(F)F)cc2)nc2cc(Cl)ccc2c1=O. The van der Waals surface area contributed by atoms with Crippen molar-refractivity contribution in [2.24, 2.45) is 0 Å². The normalized spacial score (nSPS) is 11.2. The minimum atomic E-state index is -2.89. The largest absolute Gasteiger partial charge is 0.435 e. The Morgan fingerprint density at radius 3 is 2.64 bits per heavy atom. The summed E-state index contributed by atoms with van der Waals surface area (Å²) in [4.78, 5) is 31.7. The second-order valence-corrected chi connectivity index (χ2v) is 8.45. The molecule has 176 valence electrons. The van der Waals surface area contributed by atoms with Gasteiger partial charge in [-0.1, -0.05) is 35.5 Å². The molecule has 0 spiro atoms. The van der Waals surface area contributed by atoms with Crippen molar-refractivity contribution in [2.75, 3.05) is 26.5 Å². The van der Waals surface area contributed by atoms with Gasteiger partial charge in [-0.15, -0.1) is 0 Å². The number of amides is 1. The van der Waals surface area contributed by atoms with E-state index in [9.17, 15) is 18.4 Å². The van der Waals surface area contributed by atoms with Gasteiger partial charge >= 0.3 is 6.61 Å². The van der Waals surface area contributed by atoms with E-state index in [2.05, 4.69) is 9.72 Å². The first-order chi connectivity index (χ1) is 15.8. The Morgan fingerprint density at radius 2 is 1.97 bits per heavy atom. The first kappa shape index (κ1) is 24.9. The van der Waals surface area contributed by atoms with E-state index >= 15 is 0 Å². The molecule has 0 aliphatic carbocycles. The Kier molecular flexibility index (Phi) is 8.65. The Balaban J connectivity index is 1.71. The molecule has 0 bridgehead atoms. The van der Waals surface area contributed by atoms with Crippen LogP contribution in [-0.2, 0) is 22.6 Å². The first-order valence-corrected chi connectivity index (χ1v) is 11.2. The number of aromatic nitrogens is 2. The number of hydrogen-bond donors (Lipinski definition) is 0. The van der Waals surface area contributed by atoms with Gasteiger partial charge in [0.05, 0.1) is 29.8 Å². The highest BCUT2D eigenvalue weighted by molar-refractivity contribution is 7.99. The lowest BCUT2D eigenvalue weighted by Crippen LogP contribution is -2.29. The topological polar surface area (TPSA) is 73.7 Å². The summed E-state index contributed by atoms with van der Waals surface area (Å²) in [6.45, 7) is -2.00. The summed E-state index contributed by atoms with van der Waals surface area (Å²) in [5.74, 6) is -0.0874. The fourth-order valence-electron chi connectivity index (χ4n) is 3.04. The van der Waals surface area contributed by atoms with Gasteiger partial charge in [-0.2, -0.15) is 8.78 Å². The number of carbonyl (C=O) groups excluding carboxylic acids is 1. The highest BCUT2D eigenvalue weighted by atomic mass is 35.5. The van der Waals surface area contributed by atoms with Crippen molar-refractivity contribution in [1.29, 1.82) is 0 Å². The third-order valence-corrected chi connectivity index (χ3v) is 5.92. The number of benzene rings is 2. The van der Waals surface area contributed by atoms with Crippen molar-refractivity contribution < 1.29 is 23.0 Å². The van der Waals surface area contributed by atoms with Gasteiger partial charge in [0.15, 0.2) is 5.16 Å². The fraction of sp³-hybridized carbons (Fsp3) is 0.318. The summed E-state index contributed by atoms with van der Waals surface area (Å²) < 4.78 is 35.5. The van der Waals surface area contributed by atoms with Crippen molar-refractivity contribution >= 4 is 40.2 Å². The Bertz CT molecular complexity index is 1170. The van der Waals surface area contributed by atoms with Crippen LogP contribution in [0.3, 0.4) is 0 Å². The molecule has 3 aromatic rings. The second kappa shape index (κ2) is 11.4. The van der Waals surface area contributed by atoms with Crippen LogP contribution in [0.25, 0.3) is 10.9 Å². The van der Waals surface area contributed by atoms with E-state index in [1.54, 1.807) is 37.4 Å². The molecule has 0 atom stereocenters. The number of alkyl halides is 2. The van der Waals surface area contributed by atoms with E-state index < -0.39 is 6.61 Å². The molecule has 1 amide bonds. The summed E-state index contributed by atoms with van der Waals surface area (Å²) in [5.41, 5.74) is 0.978. The number of ether oxygens (including phenoxy) is 2. The molecule has 3 rings (SSSR count). The van der Waals surface area contributed by atoms with E-state index in [4.69, 9.17) is 16.3 Å². The quantitative estimate of drug-likeness (QED) is 0.311. The molecule has 0 saturated heterocycles. The lowest BCUT2D eigenvalue weighted by molar-refractivity contribution is -0.127. The van der Waals surface area contributed by atoms with Crippen LogP contribution in [0.5, 0.6) is 5.75 Å². The monoisotopic (exact) mass is 497 g/mol. The highest BCUT2D eigenvalue weighted by Crippen LogP contribution is 2.21. The van der Waals surface area contributed by atoms with Crippen LogP contribution < -0.4 is 10.3 Å². The van der Waals surface area contributed by atoms with E-state index in [-0.39, 0.29) is 29.5 Å². The van der Waals surface area contributed by atoms with E-state index in [1.807, 2.05) is 0 Å². The lowest BCUT2D eigenvalue weighted by atomic mass is 10.2. The van der Waals surface area contributed by atoms with Gasteiger partial charge in [-0.25, -0.2) is 4.98 Å². The zero-order valence-corrected chi connectivity index (χ0v) is 19.5. The number of hydrogen-bond acceptors (Lipinski definition) is 6. The van der Waals surface area contributed by atoms with Gasteiger partial charge in [-0.3, -0.25) is 14.2 Å². The molecule has 0 saturated carbocycles. The Labute approximate surface area is 198 Å². The van der Waals surface area contributed by atoms with Gasteiger partial charge < -0.3 is 14.4 Å². The number of rotatable bonds is 10. The molecule has 0 N–H and O–H groups in total. The summed E-state index contributed by atoms with van der Waals surface area (Å²) in [6.07, 6.45) is 0. The summed E-state index contributed by atoms with van der Waals surface area (Å²) in [5, 5.41) is 1.28. The predicted molar refractivity (Wildman–Crippen MR) is 123 cm³/mol. The number of methoxy groups -OCH3 is 1. The van der Waals surface area contributed by atoms with Crippen LogP contribution in [-0.4, -0.2) is 53.5 Å². The van der Waals surface area contributed by atoms with Crippen LogP contribution in [0.4, 0.5) is 8.78 Å². The maximum absolute atomic E-state index is 12.9. The molecule has 0 radical (unpaired) electrons. The summed E-state index contributed by atoms with van der Waals surface area (Å²) in [6, 6.07) is 10.9. The van der Waals surface area contributed by atoms with Gasteiger partial charge in [0, 0.05) is 25.7 Å². The van der Waals surface area contributed by atoms with Crippen molar-refractivity contribution in [3.05, 3.63) is 63.4 Å². The van der Waals surface area contributed by atoms with Crippen molar-refractivity contribution in [1.82, 2.24) is 14.5 Å². The van der Waals surface area contributed by atoms with Crippen LogP contribution in [0.1, 0.15) is 5.56 Å². The van der Waals surface area contributed by atoms with Crippen molar-refractivity contribution in [3.8, 4) is 5.75 Å². The van der Waals surface area contributed by atoms with Gasteiger partial charge in [0.25, 0.3) is 5.56 Å². The molecule has 11 heteroatoms. The Hall–Kier alpha value is -2.69. The molecule has 2 aromatic carbocycles. The van der Waals surface area contributed by atoms with E-state index in [1.165, 1.54) is 28.7 Å². The number of nitrogens with zero attached hydrogens (tertiary/aromatic N) is 3.